The maximum absolute atomic E-state index is 10.2. The molecule has 0 amide bonds. The van der Waals surface area contributed by atoms with Crippen LogP contribution in [-0.2, 0) is 14.4 Å². The molecule has 3 rings (SSSR count). The quantitative estimate of drug-likeness (QED) is 0.227. The van der Waals surface area contributed by atoms with E-state index in [9.17, 15) is 14.4 Å². The summed E-state index contributed by atoms with van der Waals surface area (Å²) in [6, 6.07) is 1.55. The number of carboxylic acids is 3. The van der Waals surface area contributed by atoms with E-state index in [1.54, 1.807) is 0 Å². The molecular weight excluding hydrogens is 498 g/mol. The van der Waals surface area contributed by atoms with Gasteiger partial charge in [-0.2, -0.15) is 0 Å². The zero-order valence-corrected chi connectivity index (χ0v) is 24.9. The van der Waals surface area contributed by atoms with Crippen molar-refractivity contribution in [2.24, 2.45) is 40.9 Å². The molecule has 0 saturated heterocycles. The van der Waals surface area contributed by atoms with Crippen LogP contribution in [0.2, 0.25) is 0 Å². The van der Waals surface area contributed by atoms with Crippen molar-refractivity contribution in [2.45, 2.75) is 148 Å². The van der Waals surface area contributed by atoms with Gasteiger partial charge in [0.15, 0.2) is 0 Å². The first-order valence-electron chi connectivity index (χ1n) is 15.4. The summed E-state index contributed by atoms with van der Waals surface area (Å²) in [5.74, 6) is -2.89. The monoisotopic (exact) mass is 557 g/mol. The lowest BCUT2D eigenvalue weighted by molar-refractivity contribution is -0.152. The first kappa shape index (κ1) is 37.3. The smallest absolute Gasteiger partial charge is 0.307 e. The molecule has 0 aromatic heterocycles. The third-order valence-corrected chi connectivity index (χ3v) is 8.67. The Balaban J connectivity index is 0.000000497. The Labute approximate surface area is 236 Å². The molecule has 6 unspecified atom stereocenters. The minimum Gasteiger partial charge on any atom is -0.481 e. The molecule has 9 heteroatoms. The second kappa shape index (κ2) is 22.0. The van der Waals surface area contributed by atoms with Gasteiger partial charge in [0.05, 0.1) is 18.8 Å². The molecule has 3 aliphatic carbocycles. The minimum atomic E-state index is -1.40. The van der Waals surface area contributed by atoms with E-state index in [1.807, 2.05) is 0 Å². The second-order valence-electron chi connectivity index (χ2n) is 11.6. The largest absolute Gasteiger partial charge is 0.481 e. The molecule has 3 aliphatic rings. The van der Waals surface area contributed by atoms with Gasteiger partial charge in [-0.25, -0.2) is 0 Å². The number of carbonyl (C=O) groups is 3. The van der Waals surface area contributed by atoms with Crippen molar-refractivity contribution in [1.29, 1.82) is 0 Å². The number of carboxylic acid groups (broad SMARTS) is 3. The van der Waals surface area contributed by atoms with Crippen LogP contribution in [-0.4, -0.2) is 51.4 Å². The molecule has 3 saturated carbocycles. The highest BCUT2D eigenvalue weighted by Gasteiger charge is 2.24. The molecule has 39 heavy (non-hydrogen) atoms. The van der Waals surface area contributed by atoms with Gasteiger partial charge in [-0.05, 0) is 56.3 Å². The summed E-state index contributed by atoms with van der Waals surface area (Å²) < 4.78 is 0. The molecule has 0 aromatic rings. The van der Waals surface area contributed by atoms with Crippen LogP contribution in [0.3, 0.4) is 0 Å². The Bertz CT molecular complexity index is 609. The van der Waals surface area contributed by atoms with Crippen molar-refractivity contribution in [3.63, 3.8) is 0 Å². The SMILES string of the molecule is CCC1CCCCC1N.CCC1CCCCC1N.CCC1CCCCC1N.O=C(O)CC(CC(=O)O)C(=O)O. The number of rotatable bonds is 8. The molecular formula is C30H59N3O6. The van der Waals surface area contributed by atoms with Crippen molar-refractivity contribution in [2.75, 3.05) is 0 Å². The average molecular weight is 558 g/mol. The molecule has 0 spiro atoms. The van der Waals surface area contributed by atoms with E-state index in [0.29, 0.717) is 18.1 Å². The summed E-state index contributed by atoms with van der Waals surface area (Å²) >= 11 is 0. The van der Waals surface area contributed by atoms with Crippen LogP contribution in [0.15, 0.2) is 0 Å². The van der Waals surface area contributed by atoms with Crippen LogP contribution in [0.5, 0.6) is 0 Å². The van der Waals surface area contributed by atoms with Crippen LogP contribution in [0, 0.1) is 23.7 Å². The highest BCUT2D eigenvalue weighted by atomic mass is 16.4. The number of aliphatic carboxylic acids is 3. The zero-order valence-electron chi connectivity index (χ0n) is 24.9. The normalized spacial score (nSPS) is 28.4. The van der Waals surface area contributed by atoms with Gasteiger partial charge in [0, 0.05) is 18.1 Å². The average Bonchev–Trinajstić information content (AvgIpc) is 2.90. The highest BCUT2D eigenvalue weighted by Crippen LogP contribution is 2.26. The molecule has 0 aromatic carbocycles. The van der Waals surface area contributed by atoms with Gasteiger partial charge >= 0.3 is 17.9 Å². The van der Waals surface area contributed by atoms with Crippen molar-refractivity contribution >= 4 is 17.9 Å². The van der Waals surface area contributed by atoms with Crippen molar-refractivity contribution < 1.29 is 29.7 Å². The van der Waals surface area contributed by atoms with Gasteiger partial charge in [-0.3, -0.25) is 14.4 Å². The van der Waals surface area contributed by atoms with Gasteiger partial charge in [0.25, 0.3) is 0 Å². The molecule has 9 nitrogen and oxygen atoms in total. The zero-order chi connectivity index (χ0) is 29.8. The lowest BCUT2D eigenvalue weighted by Gasteiger charge is -2.27. The number of hydrogen-bond acceptors (Lipinski definition) is 6. The first-order valence-corrected chi connectivity index (χ1v) is 15.4. The lowest BCUT2D eigenvalue weighted by Crippen LogP contribution is -2.32. The summed E-state index contributed by atoms with van der Waals surface area (Å²) in [6.45, 7) is 6.74. The topological polar surface area (TPSA) is 190 Å². The number of hydrogen-bond donors (Lipinski definition) is 6. The van der Waals surface area contributed by atoms with E-state index < -0.39 is 36.7 Å². The first-order chi connectivity index (χ1) is 18.5. The van der Waals surface area contributed by atoms with E-state index >= 15 is 0 Å². The summed E-state index contributed by atoms with van der Waals surface area (Å²) in [7, 11) is 0. The van der Waals surface area contributed by atoms with Gasteiger partial charge in [-0.15, -0.1) is 0 Å². The maximum atomic E-state index is 10.2. The Morgan fingerprint density at radius 1 is 0.564 bits per heavy atom. The molecule has 230 valence electrons. The second-order valence-corrected chi connectivity index (χ2v) is 11.6. The van der Waals surface area contributed by atoms with Crippen molar-refractivity contribution in [3.8, 4) is 0 Å². The van der Waals surface area contributed by atoms with E-state index in [1.165, 1.54) is 96.3 Å². The van der Waals surface area contributed by atoms with Crippen LogP contribution in [0.25, 0.3) is 0 Å². The molecule has 0 aliphatic heterocycles. The molecule has 3 fully saturated rings. The van der Waals surface area contributed by atoms with Crippen LogP contribution in [0.1, 0.15) is 130 Å². The van der Waals surface area contributed by atoms with Crippen LogP contribution >= 0.6 is 0 Å². The highest BCUT2D eigenvalue weighted by molar-refractivity contribution is 5.82. The minimum absolute atomic E-state index is 0.517. The lowest BCUT2D eigenvalue weighted by atomic mass is 9.84. The van der Waals surface area contributed by atoms with Crippen molar-refractivity contribution in [3.05, 3.63) is 0 Å². The fraction of sp³-hybridized carbons (Fsp3) is 0.900. The third-order valence-electron chi connectivity index (χ3n) is 8.67. The third kappa shape index (κ3) is 17.6. The van der Waals surface area contributed by atoms with Gasteiger partial charge < -0.3 is 32.5 Å². The summed E-state index contributed by atoms with van der Waals surface area (Å²) in [5.41, 5.74) is 17.7. The molecule has 9 N–H and O–H groups in total. The molecule has 0 bridgehead atoms. The summed E-state index contributed by atoms with van der Waals surface area (Å²) in [6.07, 6.45) is 18.7. The fourth-order valence-corrected chi connectivity index (χ4v) is 5.90. The van der Waals surface area contributed by atoms with Gasteiger partial charge in [0.1, 0.15) is 0 Å². The molecule has 0 heterocycles. The number of nitrogens with two attached hydrogens (primary N) is 3. The summed E-state index contributed by atoms with van der Waals surface area (Å²) in [4.78, 5) is 30.3. The van der Waals surface area contributed by atoms with E-state index in [4.69, 9.17) is 32.5 Å². The van der Waals surface area contributed by atoms with Crippen LogP contribution in [0.4, 0.5) is 0 Å². The van der Waals surface area contributed by atoms with Crippen molar-refractivity contribution in [1.82, 2.24) is 0 Å². The summed E-state index contributed by atoms with van der Waals surface area (Å²) in [5, 5.41) is 24.7. The predicted octanol–water partition coefficient (Wildman–Crippen LogP) is 5.38. The Kier molecular flexibility index (Phi) is 21.1. The fourth-order valence-electron chi connectivity index (χ4n) is 5.90. The van der Waals surface area contributed by atoms with E-state index in [0.717, 1.165) is 17.8 Å². The standard InChI is InChI=1S/3C8H17N.C6H8O6/c3*1-2-7-5-3-4-6-8(7)9;7-4(8)1-3(6(11)12)2-5(9)10/h3*7-8H,2-6,9H2,1H3;3H,1-2H2,(H,7,8)(H,9,10)(H,11,12). The van der Waals surface area contributed by atoms with E-state index in [-0.39, 0.29) is 0 Å². The van der Waals surface area contributed by atoms with E-state index in [2.05, 4.69) is 20.8 Å². The Morgan fingerprint density at radius 3 is 0.974 bits per heavy atom. The van der Waals surface area contributed by atoms with Gasteiger partial charge in [0.2, 0.25) is 0 Å². The van der Waals surface area contributed by atoms with Gasteiger partial charge in [-0.1, -0.05) is 78.6 Å². The predicted molar refractivity (Wildman–Crippen MR) is 156 cm³/mol. The molecule has 6 atom stereocenters. The Hall–Kier alpha value is -1.71. The molecule has 0 radical (unpaired) electrons. The maximum Gasteiger partial charge on any atom is 0.307 e. The van der Waals surface area contributed by atoms with Crippen LogP contribution < -0.4 is 17.2 Å². The Morgan fingerprint density at radius 2 is 0.821 bits per heavy atom.